The zero-order chi connectivity index (χ0) is 17.2. The summed E-state index contributed by atoms with van der Waals surface area (Å²) in [5.41, 5.74) is 4.51. The molecule has 2 aromatic rings. The molecule has 2 aromatic carbocycles. The third-order valence-electron chi connectivity index (χ3n) is 5.12. The smallest absolute Gasteiger partial charge is 0.248 e. The molecule has 0 saturated carbocycles. The number of nitrogens with zero attached hydrogens (tertiary/aromatic N) is 1. The van der Waals surface area contributed by atoms with Crippen molar-refractivity contribution >= 4 is 41.7 Å². The zero-order valence-electron chi connectivity index (χ0n) is 14.5. The molecule has 1 N–H and O–H groups in total. The maximum atomic E-state index is 12.2. The van der Waals surface area contributed by atoms with Crippen molar-refractivity contribution in [3.63, 3.8) is 0 Å². The molecule has 1 fully saturated rings. The summed E-state index contributed by atoms with van der Waals surface area (Å²) in [6.07, 6.45) is 6.86. The predicted octanol–water partition coefficient (Wildman–Crippen LogP) is 5.11. The van der Waals surface area contributed by atoms with E-state index in [1.165, 1.54) is 36.6 Å². The van der Waals surface area contributed by atoms with Gasteiger partial charge in [0.05, 0.1) is 0 Å². The van der Waals surface area contributed by atoms with Gasteiger partial charge >= 0.3 is 0 Å². The van der Waals surface area contributed by atoms with Gasteiger partial charge in [0.2, 0.25) is 5.91 Å². The molecule has 5 heteroatoms. The molecule has 1 amide bonds. The van der Waals surface area contributed by atoms with Crippen molar-refractivity contribution in [2.24, 2.45) is 0 Å². The normalized spacial score (nSPS) is 18.9. The number of halogens is 2. The summed E-state index contributed by atoms with van der Waals surface area (Å²) in [6.45, 7) is 2.35. The summed E-state index contributed by atoms with van der Waals surface area (Å²) in [5, 5.41) is 3.61. The minimum atomic E-state index is -0.140. The second-order valence-corrected chi connectivity index (χ2v) is 7.11. The molecule has 3 nitrogen and oxygen atoms in total. The standard InChI is InChI=1S/C21H21ClN2O.ClH/c22-19-5-2-1-4-16(19)8-10-21(25)23-17-9-7-15-11-13-24-12-3-6-20(24)18(15)14-17;/h1-2,4-5,7-10,14,20H,3,6,11-13H2,(H,23,25);1H. The number of fused-ring (bicyclic) bond motifs is 3. The number of nitrogens with one attached hydrogen (secondary N) is 1. The molecule has 2 aliphatic heterocycles. The highest BCUT2D eigenvalue weighted by atomic mass is 35.5. The van der Waals surface area contributed by atoms with Gasteiger partial charge in [0.1, 0.15) is 0 Å². The highest BCUT2D eigenvalue weighted by molar-refractivity contribution is 6.32. The first-order chi connectivity index (χ1) is 12.2. The maximum absolute atomic E-state index is 12.2. The number of amides is 1. The highest BCUT2D eigenvalue weighted by Gasteiger charge is 2.31. The van der Waals surface area contributed by atoms with Crippen LogP contribution in [0.1, 0.15) is 35.6 Å². The molecule has 2 aliphatic rings. The topological polar surface area (TPSA) is 32.3 Å². The van der Waals surface area contributed by atoms with E-state index in [4.69, 9.17) is 11.6 Å². The predicted molar refractivity (Wildman–Crippen MR) is 110 cm³/mol. The number of anilines is 1. The molecule has 2 heterocycles. The Labute approximate surface area is 165 Å². The lowest BCUT2D eigenvalue weighted by atomic mass is 9.92. The second kappa shape index (κ2) is 8.26. The van der Waals surface area contributed by atoms with Crippen LogP contribution in [0.5, 0.6) is 0 Å². The van der Waals surface area contributed by atoms with Gasteiger partial charge in [0.15, 0.2) is 0 Å². The molecule has 0 aliphatic carbocycles. The first-order valence-corrected chi connectivity index (χ1v) is 9.19. The van der Waals surface area contributed by atoms with Gasteiger partial charge in [-0.15, -0.1) is 12.4 Å². The van der Waals surface area contributed by atoms with Crippen molar-refractivity contribution in [1.29, 1.82) is 0 Å². The van der Waals surface area contributed by atoms with E-state index in [1.807, 2.05) is 30.3 Å². The molecule has 4 rings (SSSR count). The van der Waals surface area contributed by atoms with Crippen LogP contribution >= 0.6 is 24.0 Å². The van der Waals surface area contributed by atoms with E-state index in [-0.39, 0.29) is 18.3 Å². The van der Waals surface area contributed by atoms with Gasteiger partial charge in [-0.3, -0.25) is 9.69 Å². The third-order valence-corrected chi connectivity index (χ3v) is 5.47. The number of carbonyl (C=O) groups excluding carboxylic acids is 1. The highest BCUT2D eigenvalue weighted by Crippen LogP contribution is 2.38. The van der Waals surface area contributed by atoms with E-state index in [0.717, 1.165) is 24.2 Å². The summed E-state index contributed by atoms with van der Waals surface area (Å²) in [4.78, 5) is 14.8. The van der Waals surface area contributed by atoms with Crippen molar-refractivity contribution < 1.29 is 4.79 Å². The summed E-state index contributed by atoms with van der Waals surface area (Å²) in [5.74, 6) is -0.140. The van der Waals surface area contributed by atoms with E-state index < -0.39 is 0 Å². The van der Waals surface area contributed by atoms with Crippen LogP contribution in [0.25, 0.3) is 6.08 Å². The average molecular weight is 389 g/mol. The Morgan fingerprint density at radius 2 is 2.04 bits per heavy atom. The summed E-state index contributed by atoms with van der Waals surface area (Å²) in [7, 11) is 0. The average Bonchev–Trinajstić information content (AvgIpc) is 3.10. The first-order valence-electron chi connectivity index (χ1n) is 8.81. The fraction of sp³-hybridized carbons (Fsp3) is 0.286. The van der Waals surface area contributed by atoms with Gasteiger partial charge in [-0.25, -0.2) is 0 Å². The Morgan fingerprint density at radius 3 is 2.88 bits per heavy atom. The van der Waals surface area contributed by atoms with Gasteiger partial charge in [-0.1, -0.05) is 35.9 Å². The third kappa shape index (κ3) is 3.96. The summed E-state index contributed by atoms with van der Waals surface area (Å²) in [6, 6.07) is 14.3. The van der Waals surface area contributed by atoms with E-state index >= 15 is 0 Å². The van der Waals surface area contributed by atoms with Crippen LogP contribution in [-0.4, -0.2) is 23.9 Å². The van der Waals surface area contributed by atoms with E-state index in [0.29, 0.717) is 11.1 Å². The molecule has 136 valence electrons. The lowest BCUT2D eigenvalue weighted by Gasteiger charge is -2.32. The Bertz CT molecular complexity index is 835. The van der Waals surface area contributed by atoms with E-state index in [2.05, 4.69) is 22.3 Å². The van der Waals surface area contributed by atoms with Crippen molar-refractivity contribution in [3.05, 3.63) is 70.3 Å². The van der Waals surface area contributed by atoms with E-state index in [1.54, 1.807) is 6.08 Å². The molecular formula is C21H22Cl2N2O. The zero-order valence-corrected chi connectivity index (χ0v) is 16.0. The van der Waals surface area contributed by atoms with Crippen molar-refractivity contribution in [2.75, 3.05) is 18.4 Å². The monoisotopic (exact) mass is 388 g/mol. The molecule has 0 spiro atoms. The number of hydrogen-bond donors (Lipinski definition) is 1. The van der Waals surface area contributed by atoms with Crippen LogP contribution < -0.4 is 5.32 Å². The van der Waals surface area contributed by atoms with Crippen LogP contribution in [0.2, 0.25) is 5.02 Å². The Balaban J connectivity index is 0.00000196. The summed E-state index contributed by atoms with van der Waals surface area (Å²) >= 11 is 6.11. The van der Waals surface area contributed by atoms with Gasteiger partial charge in [0.25, 0.3) is 0 Å². The minimum Gasteiger partial charge on any atom is -0.323 e. The fourth-order valence-corrected chi connectivity index (χ4v) is 4.08. The van der Waals surface area contributed by atoms with Crippen LogP contribution in [0, 0.1) is 0 Å². The number of rotatable bonds is 3. The molecule has 0 aromatic heterocycles. The number of benzene rings is 2. The lowest BCUT2D eigenvalue weighted by molar-refractivity contribution is -0.111. The molecule has 26 heavy (non-hydrogen) atoms. The first kappa shape index (κ1) is 19.0. The quantitative estimate of drug-likeness (QED) is 0.741. The van der Waals surface area contributed by atoms with Gasteiger partial charge in [-0.05, 0) is 66.8 Å². The Kier molecular flexibility index (Phi) is 6.02. The number of carbonyl (C=O) groups is 1. The Hall–Kier alpha value is -1.81. The van der Waals surface area contributed by atoms with Crippen LogP contribution in [0.15, 0.2) is 48.5 Å². The van der Waals surface area contributed by atoms with Crippen molar-refractivity contribution in [1.82, 2.24) is 4.90 Å². The molecule has 1 saturated heterocycles. The van der Waals surface area contributed by atoms with Crippen molar-refractivity contribution in [2.45, 2.75) is 25.3 Å². The summed E-state index contributed by atoms with van der Waals surface area (Å²) < 4.78 is 0. The van der Waals surface area contributed by atoms with Gasteiger partial charge in [-0.2, -0.15) is 0 Å². The SMILES string of the molecule is Cl.O=C(C=Cc1ccccc1Cl)Nc1ccc2c(c1)C1CCCN1CC2. The lowest BCUT2D eigenvalue weighted by Crippen LogP contribution is -2.30. The van der Waals surface area contributed by atoms with Crippen LogP contribution in [0.4, 0.5) is 5.69 Å². The molecule has 1 atom stereocenters. The van der Waals surface area contributed by atoms with Crippen LogP contribution in [0.3, 0.4) is 0 Å². The van der Waals surface area contributed by atoms with Crippen molar-refractivity contribution in [3.8, 4) is 0 Å². The van der Waals surface area contributed by atoms with Gasteiger partial charge in [0, 0.05) is 29.4 Å². The minimum absolute atomic E-state index is 0. The van der Waals surface area contributed by atoms with E-state index in [9.17, 15) is 4.79 Å². The molecule has 0 bridgehead atoms. The molecular weight excluding hydrogens is 367 g/mol. The Morgan fingerprint density at radius 1 is 1.19 bits per heavy atom. The van der Waals surface area contributed by atoms with Gasteiger partial charge < -0.3 is 5.32 Å². The largest absolute Gasteiger partial charge is 0.323 e. The van der Waals surface area contributed by atoms with Crippen LogP contribution in [-0.2, 0) is 11.2 Å². The molecule has 1 unspecified atom stereocenters. The number of hydrogen-bond acceptors (Lipinski definition) is 2. The second-order valence-electron chi connectivity index (χ2n) is 6.70. The molecule has 0 radical (unpaired) electrons. The maximum Gasteiger partial charge on any atom is 0.248 e. The fourth-order valence-electron chi connectivity index (χ4n) is 3.88.